The van der Waals surface area contributed by atoms with Crippen LogP contribution in [-0.2, 0) is 9.59 Å². The van der Waals surface area contributed by atoms with Crippen LogP contribution < -0.4 is 6.15 Å². The molecule has 0 aliphatic carbocycles. The Hall–Kier alpha value is -0.700. The van der Waals surface area contributed by atoms with Gasteiger partial charge in [-0.25, -0.2) is 0 Å². The van der Waals surface area contributed by atoms with Crippen molar-refractivity contribution >= 4 is 6.15 Å². The van der Waals surface area contributed by atoms with E-state index in [0.717, 1.165) is 0 Å². The topological polar surface area (TPSA) is 96.1 Å². The monoisotopic (exact) mass is 76.0 g/mol. The highest BCUT2D eigenvalue weighted by Crippen LogP contribution is 0.787. The minimum atomic E-state index is 0. The molecule has 0 aromatic carbocycles. The van der Waals surface area contributed by atoms with E-state index in [4.69, 9.17) is 9.59 Å². The maximum atomic E-state index is 8.12. The lowest BCUT2D eigenvalue weighted by Gasteiger charge is -0.945. The first-order chi connectivity index (χ1) is 1.41. The zero-order valence-corrected chi connectivity index (χ0v) is 2.26. The molecule has 0 unspecified atom stereocenters. The molecule has 0 heterocycles. The number of hydrogen-bond donors (Lipinski definition) is 0. The van der Waals surface area contributed by atoms with Crippen molar-refractivity contribution in [1.29, 1.82) is 0 Å². The van der Waals surface area contributed by atoms with Crippen LogP contribution in [0.4, 0.5) is 0 Å². The van der Waals surface area contributed by atoms with E-state index in [-0.39, 0.29) is 17.8 Å². The second-order valence-electron chi connectivity index (χ2n) is 0.0833. The fourth-order valence-corrected chi connectivity index (χ4v) is 0. The highest BCUT2D eigenvalue weighted by Gasteiger charge is 1.13. The Bertz CT molecular complexity index is 27.9. The van der Waals surface area contributed by atoms with Crippen LogP contribution in [0, 0.1) is 0 Å². The summed E-state index contributed by atoms with van der Waals surface area (Å²) in [5.74, 6) is 0. The molecule has 29 valence electrons. The van der Waals surface area contributed by atoms with E-state index in [1.54, 1.807) is 0 Å². The van der Waals surface area contributed by atoms with Crippen LogP contribution in [0.15, 0.2) is 0 Å². The molecular formula is CH2NO3. The summed E-state index contributed by atoms with van der Waals surface area (Å²) in [5, 5.41) is 0. The molecule has 0 saturated carbocycles. The molecule has 2 N–H and O–H groups in total. The summed E-state index contributed by atoms with van der Waals surface area (Å²) in [6.07, 6.45) is 0.250. The van der Waals surface area contributed by atoms with Gasteiger partial charge in [-0.3, -0.25) is 0 Å². The first kappa shape index (κ1) is 27.7. The third-order valence-corrected chi connectivity index (χ3v) is 0. The average Bonchev–Trinajstić information content (AvgIpc) is 0.918. The predicted octanol–water partition coefficient (Wildman–Crippen LogP) is -1.89. The van der Waals surface area contributed by atoms with Crippen LogP contribution in [0.25, 0.3) is 0 Å². The smallest absolute Gasteiger partial charge is 0.373 e. The molecule has 0 saturated heterocycles. The Morgan fingerprint density at radius 1 is 1.20 bits per heavy atom. The van der Waals surface area contributed by atoms with E-state index in [2.05, 4.69) is 0 Å². The summed E-state index contributed by atoms with van der Waals surface area (Å²) in [4.78, 5) is 16.2. The van der Waals surface area contributed by atoms with E-state index in [9.17, 15) is 0 Å². The van der Waals surface area contributed by atoms with Gasteiger partial charge in [-0.15, -0.1) is 0 Å². The summed E-state index contributed by atoms with van der Waals surface area (Å²) in [5.41, 5.74) is 0. The maximum Gasteiger partial charge on any atom is 0.373 e. The van der Waals surface area contributed by atoms with Crippen LogP contribution in [0.3, 0.4) is 0 Å². The summed E-state index contributed by atoms with van der Waals surface area (Å²) in [6.45, 7) is 0. The number of hydrogen-bond acceptors (Lipinski definition) is 2. The Morgan fingerprint density at radius 3 is 1.20 bits per heavy atom. The van der Waals surface area contributed by atoms with Gasteiger partial charge in [0.25, 0.3) is 0 Å². The zero-order chi connectivity index (χ0) is 2.71. The van der Waals surface area contributed by atoms with Gasteiger partial charge >= 0.3 is 6.15 Å². The molecule has 0 aliphatic rings. The molecule has 0 atom stereocenters. The van der Waals surface area contributed by atoms with Gasteiger partial charge in [0.05, 0.1) is 0 Å². The molecule has 4 heteroatoms. The second-order valence-corrected chi connectivity index (χ2v) is 0.0833. The third kappa shape index (κ3) is 11.4. The van der Waals surface area contributed by atoms with Gasteiger partial charge in [-0.2, -0.15) is 9.59 Å². The van der Waals surface area contributed by atoms with Crippen molar-refractivity contribution in [2.24, 2.45) is 0 Å². The van der Waals surface area contributed by atoms with Crippen LogP contribution in [-0.4, -0.2) is 11.6 Å². The van der Waals surface area contributed by atoms with Gasteiger partial charge in [-0.05, 0) is 0 Å². The predicted molar refractivity (Wildman–Crippen MR) is 10.8 cm³/mol. The number of rotatable bonds is 0. The standard InChI is InChI=1S/CO2.N.H2O/c2-1-3;;/h;;1H2. The summed E-state index contributed by atoms with van der Waals surface area (Å²) in [6, 6.07) is 0. The van der Waals surface area contributed by atoms with Crippen LogP contribution in [0.5, 0.6) is 0 Å². The maximum absolute atomic E-state index is 8.12. The van der Waals surface area contributed by atoms with Crippen molar-refractivity contribution in [2.45, 2.75) is 0 Å². The summed E-state index contributed by atoms with van der Waals surface area (Å²) < 4.78 is 0. The highest BCUT2D eigenvalue weighted by atomic mass is 16.2. The first-order valence-electron chi connectivity index (χ1n) is 0.408. The number of nitrogens with zero attached hydrogens (tertiary/aromatic N) is 1. The Kier molecular flexibility index (Phi) is 1070. The van der Waals surface area contributed by atoms with Gasteiger partial charge in [-0.1, -0.05) is 0 Å². The quantitative estimate of drug-likeness (QED) is 0.337. The highest BCUT2D eigenvalue weighted by molar-refractivity contribution is 5.20. The minimum absolute atomic E-state index is 0. The molecular weight excluding hydrogens is 74.0 g/mol. The Balaban J connectivity index is -0.0000000200. The largest absolute Gasteiger partial charge is 0.412 e. The molecule has 3 radical (unpaired) electrons. The molecule has 5 heavy (non-hydrogen) atoms. The lowest BCUT2D eigenvalue weighted by Crippen LogP contribution is -1.22. The second kappa shape index (κ2) is 194. The molecule has 0 fully saturated rings. The van der Waals surface area contributed by atoms with Crippen molar-refractivity contribution in [3.05, 3.63) is 0 Å². The minimum Gasteiger partial charge on any atom is -0.412 e. The third-order valence-electron chi connectivity index (χ3n) is 0. The first-order valence-corrected chi connectivity index (χ1v) is 0.408. The van der Waals surface area contributed by atoms with Gasteiger partial charge in [0, 0.05) is 6.15 Å². The van der Waals surface area contributed by atoms with Gasteiger partial charge in [0.1, 0.15) is 0 Å². The lowest BCUT2D eigenvalue weighted by atomic mass is 11.8. The Labute approximate surface area is 28.7 Å². The van der Waals surface area contributed by atoms with E-state index < -0.39 is 0 Å². The molecule has 4 nitrogen and oxygen atoms in total. The average molecular weight is 76.0 g/mol. The van der Waals surface area contributed by atoms with Gasteiger partial charge in [0.15, 0.2) is 0 Å². The van der Waals surface area contributed by atoms with E-state index in [0.29, 0.717) is 0 Å². The number of carbonyl (C=O) groups excluding carboxylic acids is 2. The van der Waals surface area contributed by atoms with Crippen LogP contribution >= 0.6 is 0 Å². The SMILES string of the molecule is O.O=C=O.[N]. The molecule has 0 aliphatic heterocycles. The van der Waals surface area contributed by atoms with Crippen molar-refractivity contribution in [3.8, 4) is 0 Å². The molecule has 0 aromatic heterocycles. The fourth-order valence-electron chi connectivity index (χ4n) is 0. The van der Waals surface area contributed by atoms with Gasteiger partial charge in [0.2, 0.25) is 0 Å². The molecule has 0 amide bonds. The van der Waals surface area contributed by atoms with Gasteiger partial charge < -0.3 is 5.48 Å². The Morgan fingerprint density at radius 2 is 1.20 bits per heavy atom. The molecule has 0 rings (SSSR count). The summed E-state index contributed by atoms with van der Waals surface area (Å²) >= 11 is 0. The van der Waals surface area contributed by atoms with Crippen molar-refractivity contribution < 1.29 is 15.1 Å². The lowest BCUT2D eigenvalue weighted by molar-refractivity contribution is -0.191. The molecule has 0 spiro atoms. The van der Waals surface area contributed by atoms with E-state index >= 15 is 0 Å². The fraction of sp³-hybridized carbons (Fsp3) is 0. The zero-order valence-electron chi connectivity index (χ0n) is 2.26. The van der Waals surface area contributed by atoms with Crippen molar-refractivity contribution in [3.63, 3.8) is 0 Å². The van der Waals surface area contributed by atoms with E-state index in [1.807, 2.05) is 0 Å². The molecule has 0 bridgehead atoms. The van der Waals surface area contributed by atoms with Crippen LogP contribution in [0.1, 0.15) is 0 Å². The normalized spacial score (nSPS) is 1.60. The molecule has 0 aromatic rings. The van der Waals surface area contributed by atoms with E-state index in [1.165, 1.54) is 0 Å². The van der Waals surface area contributed by atoms with Crippen molar-refractivity contribution in [2.75, 3.05) is 0 Å². The van der Waals surface area contributed by atoms with Crippen LogP contribution in [0.2, 0.25) is 0 Å². The summed E-state index contributed by atoms with van der Waals surface area (Å²) in [7, 11) is 0. The van der Waals surface area contributed by atoms with Crippen molar-refractivity contribution in [1.82, 2.24) is 6.15 Å².